The highest BCUT2D eigenvalue weighted by Gasteiger charge is 2.19. The summed E-state index contributed by atoms with van der Waals surface area (Å²) in [7, 11) is 0. The van der Waals surface area contributed by atoms with E-state index in [1.54, 1.807) is 6.20 Å². The molecule has 0 spiro atoms. The van der Waals surface area contributed by atoms with Crippen molar-refractivity contribution in [1.82, 2.24) is 20.1 Å². The largest absolute Gasteiger partial charge is 0.304 e. The molecule has 0 aliphatic heterocycles. The van der Waals surface area contributed by atoms with Crippen LogP contribution in [0.1, 0.15) is 45.3 Å². The lowest BCUT2D eigenvalue weighted by atomic mass is 10.1. The van der Waals surface area contributed by atoms with E-state index < -0.39 is 0 Å². The number of nitrogens with zero attached hydrogens (tertiary/aromatic N) is 3. The van der Waals surface area contributed by atoms with Crippen LogP contribution in [0.5, 0.6) is 0 Å². The molecule has 1 unspecified atom stereocenters. The van der Waals surface area contributed by atoms with E-state index in [1.165, 1.54) is 0 Å². The summed E-state index contributed by atoms with van der Waals surface area (Å²) in [6.07, 6.45) is 3.65. The average molecular weight is 288 g/mol. The third-order valence-electron chi connectivity index (χ3n) is 3.43. The molecule has 1 aromatic rings. The highest BCUT2D eigenvalue weighted by Crippen LogP contribution is 2.25. The fraction of sp³-hybridized carbons (Fsp3) is 0.769. The molecule has 0 aliphatic carbocycles. The van der Waals surface area contributed by atoms with E-state index in [0.29, 0.717) is 5.02 Å². The predicted octanol–water partition coefficient (Wildman–Crippen LogP) is 2.18. The molecule has 0 saturated heterocycles. The number of aromatic nitrogens is 2. The lowest BCUT2D eigenvalue weighted by molar-refractivity contribution is 0.279. The van der Waals surface area contributed by atoms with E-state index in [2.05, 4.69) is 36.2 Å². The molecule has 0 saturated carbocycles. The summed E-state index contributed by atoms with van der Waals surface area (Å²) in [5.74, 6) is 5.70. The van der Waals surface area contributed by atoms with Crippen LogP contribution in [-0.4, -0.2) is 34.3 Å². The Balaban J connectivity index is 2.76. The molecule has 0 aliphatic rings. The Morgan fingerprint density at radius 1 is 1.42 bits per heavy atom. The first kappa shape index (κ1) is 16.4. The molecule has 110 valence electrons. The summed E-state index contributed by atoms with van der Waals surface area (Å²) in [6, 6.07) is 0.0437. The second-order valence-electron chi connectivity index (χ2n) is 4.64. The van der Waals surface area contributed by atoms with E-state index in [4.69, 9.17) is 17.4 Å². The molecule has 0 amide bonds. The molecule has 5 nitrogen and oxygen atoms in total. The van der Waals surface area contributed by atoms with Crippen LogP contribution < -0.4 is 11.3 Å². The van der Waals surface area contributed by atoms with E-state index in [9.17, 15) is 0 Å². The van der Waals surface area contributed by atoms with Gasteiger partial charge in [-0.1, -0.05) is 32.4 Å². The number of rotatable bonds is 9. The van der Waals surface area contributed by atoms with Gasteiger partial charge in [-0.05, 0) is 25.9 Å². The van der Waals surface area contributed by atoms with Gasteiger partial charge in [0, 0.05) is 13.1 Å². The van der Waals surface area contributed by atoms with Gasteiger partial charge >= 0.3 is 0 Å². The molecule has 3 N–H and O–H groups in total. The smallest absolute Gasteiger partial charge is 0.0834 e. The normalized spacial score (nSPS) is 13.2. The lowest BCUT2D eigenvalue weighted by Crippen LogP contribution is -2.34. The molecule has 0 aromatic carbocycles. The Kier molecular flexibility index (Phi) is 7.38. The van der Waals surface area contributed by atoms with Crippen molar-refractivity contribution in [3.63, 3.8) is 0 Å². The first-order chi connectivity index (χ1) is 9.17. The molecule has 1 atom stereocenters. The lowest BCUT2D eigenvalue weighted by Gasteiger charge is -2.23. The Labute approximate surface area is 121 Å². The Bertz CT molecular complexity index is 362. The maximum absolute atomic E-state index is 6.24. The van der Waals surface area contributed by atoms with Gasteiger partial charge in [0.2, 0.25) is 0 Å². The minimum absolute atomic E-state index is 0.0437. The van der Waals surface area contributed by atoms with Gasteiger partial charge in [-0.3, -0.25) is 16.0 Å². The number of hydrogen-bond donors (Lipinski definition) is 2. The van der Waals surface area contributed by atoms with Crippen LogP contribution in [0.15, 0.2) is 6.20 Å². The van der Waals surface area contributed by atoms with Crippen molar-refractivity contribution >= 4 is 11.6 Å². The van der Waals surface area contributed by atoms with E-state index >= 15 is 0 Å². The second kappa shape index (κ2) is 8.53. The van der Waals surface area contributed by atoms with Crippen LogP contribution in [-0.2, 0) is 6.54 Å². The van der Waals surface area contributed by atoms with Gasteiger partial charge in [0.25, 0.3) is 0 Å². The van der Waals surface area contributed by atoms with Crippen LogP contribution >= 0.6 is 11.6 Å². The Hall–Kier alpha value is -0.620. The zero-order valence-electron chi connectivity index (χ0n) is 12.2. The molecule has 1 heterocycles. The minimum Gasteiger partial charge on any atom is -0.304 e. The van der Waals surface area contributed by atoms with Crippen LogP contribution in [0.2, 0.25) is 5.02 Å². The third kappa shape index (κ3) is 4.45. The van der Waals surface area contributed by atoms with Crippen molar-refractivity contribution in [2.45, 2.75) is 46.2 Å². The molecular weight excluding hydrogens is 262 g/mol. The number of aryl methyl sites for hydroxylation is 1. The average Bonchev–Trinajstić information content (AvgIpc) is 2.77. The van der Waals surface area contributed by atoms with Gasteiger partial charge in [-0.15, -0.1) is 0 Å². The summed E-state index contributed by atoms with van der Waals surface area (Å²) in [4.78, 5) is 2.37. The molecule has 1 aromatic heterocycles. The Morgan fingerprint density at radius 3 is 2.63 bits per heavy atom. The van der Waals surface area contributed by atoms with Crippen molar-refractivity contribution in [2.24, 2.45) is 5.84 Å². The first-order valence-electron chi connectivity index (χ1n) is 7.07. The highest BCUT2D eigenvalue weighted by atomic mass is 35.5. The zero-order chi connectivity index (χ0) is 14.3. The van der Waals surface area contributed by atoms with Crippen molar-refractivity contribution < 1.29 is 0 Å². The Morgan fingerprint density at radius 2 is 2.11 bits per heavy atom. The summed E-state index contributed by atoms with van der Waals surface area (Å²) >= 11 is 6.24. The van der Waals surface area contributed by atoms with Crippen molar-refractivity contribution in [1.29, 1.82) is 0 Å². The first-order valence-corrected chi connectivity index (χ1v) is 7.45. The molecule has 0 radical (unpaired) electrons. The van der Waals surface area contributed by atoms with Gasteiger partial charge in [-0.25, -0.2) is 0 Å². The quantitative estimate of drug-likeness (QED) is 0.540. The van der Waals surface area contributed by atoms with Crippen LogP contribution in [0.4, 0.5) is 0 Å². The topological polar surface area (TPSA) is 59.1 Å². The fourth-order valence-electron chi connectivity index (χ4n) is 2.26. The highest BCUT2D eigenvalue weighted by molar-refractivity contribution is 6.31. The van der Waals surface area contributed by atoms with Gasteiger partial charge < -0.3 is 4.90 Å². The summed E-state index contributed by atoms with van der Waals surface area (Å²) in [5, 5.41) is 5.01. The van der Waals surface area contributed by atoms with Crippen molar-refractivity contribution in [3.05, 3.63) is 16.9 Å². The summed E-state index contributed by atoms with van der Waals surface area (Å²) < 4.78 is 1.95. The van der Waals surface area contributed by atoms with E-state index in [-0.39, 0.29) is 6.04 Å². The fourth-order valence-corrected chi connectivity index (χ4v) is 2.53. The second-order valence-corrected chi connectivity index (χ2v) is 5.04. The molecule has 19 heavy (non-hydrogen) atoms. The van der Waals surface area contributed by atoms with Crippen molar-refractivity contribution in [2.75, 3.05) is 19.6 Å². The number of halogens is 1. The van der Waals surface area contributed by atoms with Crippen LogP contribution in [0.3, 0.4) is 0 Å². The van der Waals surface area contributed by atoms with E-state index in [1.807, 2.05) is 4.68 Å². The number of hydrazine groups is 1. The number of nitrogens with one attached hydrogen (secondary N) is 1. The maximum Gasteiger partial charge on any atom is 0.0834 e. The monoisotopic (exact) mass is 287 g/mol. The molecule has 0 fully saturated rings. The van der Waals surface area contributed by atoms with Gasteiger partial charge in [0.05, 0.1) is 23.0 Å². The SMILES string of the molecule is CCCn1ncc(Cl)c1C(CCN(CC)CC)NN. The zero-order valence-corrected chi connectivity index (χ0v) is 13.0. The number of nitrogens with two attached hydrogens (primary N) is 1. The molecule has 0 bridgehead atoms. The molecular formula is C13H26ClN5. The molecule has 1 rings (SSSR count). The van der Waals surface area contributed by atoms with Crippen molar-refractivity contribution in [3.8, 4) is 0 Å². The summed E-state index contributed by atoms with van der Waals surface area (Å²) in [6.45, 7) is 10.4. The summed E-state index contributed by atoms with van der Waals surface area (Å²) in [5.41, 5.74) is 3.87. The van der Waals surface area contributed by atoms with E-state index in [0.717, 1.165) is 44.7 Å². The number of hydrogen-bond acceptors (Lipinski definition) is 4. The van der Waals surface area contributed by atoms with Crippen LogP contribution in [0, 0.1) is 0 Å². The minimum atomic E-state index is 0.0437. The van der Waals surface area contributed by atoms with Crippen LogP contribution in [0.25, 0.3) is 0 Å². The predicted molar refractivity (Wildman–Crippen MR) is 80.0 cm³/mol. The third-order valence-corrected chi connectivity index (χ3v) is 3.72. The van der Waals surface area contributed by atoms with Gasteiger partial charge in [-0.2, -0.15) is 5.10 Å². The van der Waals surface area contributed by atoms with Gasteiger partial charge in [0.1, 0.15) is 0 Å². The molecule has 6 heteroatoms. The standard InChI is InChI=1S/C13H26ClN5/c1-4-8-19-13(11(14)10-16-19)12(17-15)7-9-18(5-2)6-3/h10,12,17H,4-9,15H2,1-3H3. The van der Waals surface area contributed by atoms with Gasteiger partial charge in [0.15, 0.2) is 0 Å². The maximum atomic E-state index is 6.24.